The van der Waals surface area contributed by atoms with Crippen LogP contribution in [0.1, 0.15) is 22.3 Å². The van der Waals surface area contributed by atoms with Gasteiger partial charge in [-0.15, -0.1) is 0 Å². The highest BCUT2D eigenvalue weighted by atomic mass is 16.3. The van der Waals surface area contributed by atoms with Crippen molar-refractivity contribution in [2.45, 2.75) is 26.9 Å². The molecule has 0 aliphatic heterocycles. The van der Waals surface area contributed by atoms with Gasteiger partial charge in [0.2, 0.25) is 0 Å². The van der Waals surface area contributed by atoms with Crippen molar-refractivity contribution in [1.82, 2.24) is 9.88 Å². The Morgan fingerprint density at radius 2 is 1.95 bits per heavy atom. The molecule has 0 unspecified atom stereocenters. The first-order valence-corrected chi connectivity index (χ1v) is 6.98. The first-order valence-electron chi connectivity index (χ1n) is 6.98. The molecule has 1 aromatic heterocycles. The topological polar surface area (TPSA) is 36.4 Å². The van der Waals surface area contributed by atoms with Crippen molar-refractivity contribution < 1.29 is 5.11 Å². The Morgan fingerprint density at radius 1 is 1.10 bits per heavy atom. The maximum atomic E-state index is 9.26. The van der Waals surface area contributed by atoms with Gasteiger partial charge >= 0.3 is 0 Å². The van der Waals surface area contributed by atoms with Crippen LogP contribution in [0.5, 0.6) is 0 Å². The summed E-state index contributed by atoms with van der Waals surface area (Å²) in [6.45, 7) is 6.79. The normalized spacial score (nSPS) is 11.0. The van der Waals surface area contributed by atoms with E-state index in [4.69, 9.17) is 0 Å². The molecule has 3 nitrogen and oxygen atoms in total. The zero-order valence-electron chi connectivity index (χ0n) is 12.2. The van der Waals surface area contributed by atoms with Crippen molar-refractivity contribution in [3.8, 4) is 0 Å². The standard InChI is InChI=1S/C17H22N2O/c1-14-5-3-7-17(15(14)2)13-19(9-10-20)12-16-6-4-8-18-11-16/h3-8,11,20H,9-10,12-13H2,1-2H3. The lowest BCUT2D eigenvalue weighted by Gasteiger charge is -2.22. The molecule has 2 aromatic rings. The van der Waals surface area contributed by atoms with Crippen LogP contribution in [-0.2, 0) is 13.1 Å². The second kappa shape index (κ2) is 7.17. The van der Waals surface area contributed by atoms with E-state index in [2.05, 4.69) is 48.0 Å². The molecule has 0 radical (unpaired) electrons. The van der Waals surface area contributed by atoms with Crippen LogP contribution < -0.4 is 0 Å². The summed E-state index contributed by atoms with van der Waals surface area (Å²) < 4.78 is 0. The summed E-state index contributed by atoms with van der Waals surface area (Å²) in [6.07, 6.45) is 3.66. The van der Waals surface area contributed by atoms with Crippen LogP contribution in [0.2, 0.25) is 0 Å². The summed E-state index contributed by atoms with van der Waals surface area (Å²) in [6, 6.07) is 10.4. The molecule has 106 valence electrons. The van der Waals surface area contributed by atoms with Crippen LogP contribution in [0.3, 0.4) is 0 Å². The number of aliphatic hydroxyl groups excluding tert-OH is 1. The van der Waals surface area contributed by atoms with Crippen molar-refractivity contribution >= 4 is 0 Å². The Hall–Kier alpha value is -1.71. The van der Waals surface area contributed by atoms with Crippen LogP contribution in [0.15, 0.2) is 42.7 Å². The predicted octanol–water partition coefficient (Wildman–Crippen LogP) is 2.69. The molecule has 20 heavy (non-hydrogen) atoms. The molecular weight excluding hydrogens is 248 g/mol. The summed E-state index contributed by atoms with van der Waals surface area (Å²) in [5.41, 5.74) is 5.14. The molecule has 0 saturated heterocycles. The molecule has 0 atom stereocenters. The molecule has 0 aliphatic rings. The smallest absolute Gasteiger partial charge is 0.0558 e. The number of hydrogen-bond donors (Lipinski definition) is 1. The maximum absolute atomic E-state index is 9.26. The average Bonchev–Trinajstić information content (AvgIpc) is 2.45. The second-order valence-electron chi connectivity index (χ2n) is 5.15. The Bertz CT molecular complexity index is 540. The lowest BCUT2D eigenvalue weighted by Crippen LogP contribution is -2.26. The number of hydrogen-bond acceptors (Lipinski definition) is 3. The molecule has 1 N–H and O–H groups in total. The third-order valence-corrected chi connectivity index (χ3v) is 3.66. The average molecular weight is 270 g/mol. The molecule has 1 heterocycles. The Morgan fingerprint density at radius 3 is 2.65 bits per heavy atom. The number of aliphatic hydroxyl groups is 1. The Kier molecular flexibility index (Phi) is 5.27. The second-order valence-corrected chi connectivity index (χ2v) is 5.15. The number of nitrogens with zero attached hydrogens (tertiary/aromatic N) is 2. The van der Waals surface area contributed by atoms with Gasteiger partial charge < -0.3 is 5.11 Å². The van der Waals surface area contributed by atoms with Gasteiger partial charge in [-0.05, 0) is 42.2 Å². The van der Waals surface area contributed by atoms with Crippen LogP contribution >= 0.6 is 0 Å². The fraction of sp³-hybridized carbons (Fsp3) is 0.353. The summed E-state index contributed by atoms with van der Waals surface area (Å²) in [5, 5.41) is 9.26. The summed E-state index contributed by atoms with van der Waals surface area (Å²) in [4.78, 5) is 6.40. The van der Waals surface area contributed by atoms with Gasteiger partial charge in [0.1, 0.15) is 0 Å². The highest BCUT2D eigenvalue weighted by Gasteiger charge is 2.09. The van der Waals surface area contributed by atoms with E-state index >= 15 is 0 Å². The predicted molar refractivity (Wildman–Crippen MR) is 81.4 cm³/mol. The molecule has 1 aromatic carbocycles. The van der Waals surface area contributed by atoms with E-state index in [1.54, 1.807) is 6.20 Å². The van der Waals surface area contributed by atoms with Crippen LogP contribution in [0.4, 0.5) is 0 Å². The van der Waals surface area contributed by atoms with Gasteiger partial charge in [-0.3, -0.25) is 9.88 Å². The minimum absolute atomic E-state index is 0.172. The monoisotopic (exact) mass is 270 g/mol. The first kappa shape index (κ1) is 14.7. The van der Waals surface area contributed by atoms with Crippen molar-refractivity contribution in [2.24, 2.45) is 0 Å². The zero-order valence-corrected chi connectivity index (χ0v) is 12.2. The summed E-state index contributed by atoms with van der Waals surface area (Å²) in [7, 11) is 0. The van der Waals surface area contributed by atoms with Gasteiger partial charge in [-0.2, -0.15) is 0 Å². The highest BCUT2D eigenvalue weighted by molar-refractivity contribution is 5.33. The van der Waals surface area contributed by atoms with Gasteiger partial charge in [0, 0.05) is 32.0 Å². The quantitative estimate of drug-likeness (QED) is 0.876. The lowest BCUT2D eigenvalue weighted by molar-refractivity contribution is 0.184. The summed E-state index contributed by atoms with van der Waals surface area (Å²) in [5.74, 6) is 0. The minimum Gasteiger partial charge on any atom is -0.395 e. The van der Waals surface area contributed by atoms with Gasteiger partial charge in [-0.1, -0.05) is 24.3 Å². The SMILES string of the molecule is Cc1cccc(CN(CCO)Cc2cccnc2)c1C. The number of aryl methyl sites for hydroxylation is 1. The number of rotatable bonds is 6. The Balaban J connectivity index is 2.11. The molecule has 0 saturated carbocycles. The van der Waals surface area contributed by atoms with Crippen molar-refractivity contribution in [2.75, 3.05) is 13.2 Å². The van der Waals surface area contributed by atoms with Crippen LogP contribution in [0, 0.1) is 13.8 Å². The number of aromatic nitrogens is 1. The van der Waals surface area contributed by atoms with Gasteiger partial charge in [0.15, 0.2) is 0 Å². The minimum atomic E-state index is 0.172. The fourth-order valence-electron chi connectivity index (χ4n) is 2.33. The Labute approximate surface area is 120 Å². The van der Waals surface area contributed by atoms with E-state index in [1.165, 1.54) is 22.3 Å². The van der Waals surface area contributed by atoms with E-state index in [9.17, 15) is 5.11 Å². The van der Waals surface area contributed by atoms with Crippen molar-refractivity contribution in [3.63, 3.8) is 0 Å². The van der Waals surface area contributed by atoms with Crippen molar-refractivity contribution in [1.29, 1.82) is 0 Å². The van der Waals surface area contributed by atoms with Crippen molar-refractivity contribution in [3.05, 3.63) is 65.0 Å². The molecule has 2 rings (SSSR count). The van der Waals surface area contributed by atoms with Crippen LogP contribution in [0.25, 0.3) is 0 Å². The zero-order chi connectivity index (χ0) is 14.4. The maximum Gasteiger partial charge on any atom is 0.0558 e. The third kappa shape index (κ3) is 3.89. The molecule has 0 spiro atoms. The van der Waals surface area contributed by atoms with Gasteiger partial charge in [-0.25, -0.2) is 0 Å². The van der Waals surface area contributed by atoms with E-state index in [0.29, 0.717) is 6.54 Å². The summed E-state index contributed by atoms with van der Waals surface area (Å²) >= 11 is 0. The molecule has 0 aliphatic carbocycles. The molecule has 3 heteroatoms. The largest absolute Gasteiger partial charge is 0.395 e. The van der Waals surface area contributed by atoms with E-state index < -0.39 is 0 Å². The third-order valence-electron chi connectivity index (χ3n) is 3.66. The molecular formula is C17H22N2O. The number of benzene rings is 1. The molecule has 0 fully saturated rings. The van der Waals surface area contributed by atoms with E-state index in [0.717, 1.165) is 13.1 Å². The van der Waals surface area contributed by atoms with Gasteiger partial charge in [0.25, 0.3) is 0 Å². The molecule has 0 bridgehead atoms. The number of pyridine rings is 1. The van der Waals surface area contributed by atoms with Gasteiger partial charge in [0.05, 0.1) is 6.61 Å². The van der Waals surface area contributed by atoms with E-state index in [-0.39, 0.29) is 6.61 Å². The lowest BCUT2D eigenvalue weighted by atomic mass is 10.0. The fourth-order valence-corrected chi connectivity index (χ4v) is 2.33. The van der Waals surface area contributed by atoms with E-state index in [1.807, 2.05) is 12.3 Å². The molecule has 0 amide bonds. The highest BCUT2D eigenvalue weighted by Crippen LogP contribution is 2.16. The first-order chi connectivity index (χ1) is 9.70. The van der Waals surface area contributed by atoms with Crippen LogP contribution in [-0.4, -0.2) is 28.1 Å².